The first-order chi connectivity index (χ1) is 9.26. The Morgan fingerprint density at radius 2 is 2.21 bits per heavy atom. The van der Waals surface area contributed by atoms with Crippen LogP contribution in [-0.2, 0) is 17.2 Å². The zero-order valence-electron chi connectivity index (χ0n) is 11.0. The lowest BCUT2D eigenvalue weighted by Crippen LogP contribution is -2.09. The van der Waals surface area contributed by atoms with Crippen molar-refractivity contribution in [3.05, 3.63) is 28.5 Å². The molecule has 0 atom stereocenters. The molecule has 1 aromatic heterocycles. The molecule has 0 amide bonds. The van der Waals surface area contributed by atoms with Gasteiger partial charge in [0.2, 0.25) is 0 Å². The number of hydrogen-bond acceptors (Lipinski definition) is 2. The summed E-state index contributed by atoms with van der Waals surface area (Å²) in [5.41, 5.74) is 2.08. The highest BCUT2D eigenvalue weighted by Crippen LogP contribution is 2.21. The van der Waals surface area contributed by atoms with Crippen molar-refractivity contribution < 1.29 is 4.74 Å². The summed E-state index contributed by atoms with van der Waals surface area (Å²) in [5, 5.41) is 0. The zero-order valence-corrected chi connectivity index (χ0v) is 13.4. The molecule has 0 fully saturated rings. The van der Waals surface area contributed by atoms with Gasteiger partial charge in [-0.2, -0.15) is 0 Å². The number of nitrogens with zero attached hydrogens (tertiary/aromatic N) is 2. The van der Waals surface area contributed by atoms with Crippen LogP contribution in [0.3, 0.4) is 0 Å². The van der Waals surface area contributed by atoms with Crippen LogP contribution in [0.2, 0.25) is 0 Å². The fourth-order valence-electron chi connectivity index (χ4n) is 2.01. The smallest absolute Gasteiger partial charge is 0.124 e. The Bertz CT molecular complexity index is 541. The Labute approximate surface area is 127 Å². The second kappa shape index (κ2) is 7.27. The van der Waals surface area contributed by atoms with E-state index in [1.165, 1.54) is 0 Å². The molecule has 0 N–H and O–H groups in total. The maximum atomic E-state index is 5.97. The largest absolute Gasteiger partial charge is 0.380 e. The number of benzene rings is 1. The number of ether oxygens (including phenoxy) is 1. The van der Waals surface area contributed by atoms with E-state index in [9.17, 15) is 0 Å². The maximum absolute atomic E-state index is 5.97. The normalized spacial score (nSPS) is 11.3. The van der Waals surface area contributed by atoms with Crippen molar-refractivity contribution in [3.8, 4) is 0 Å². The van der Waals surface area contributed by atoms with Crippen molar-refractivity contribution in [2.75, 3.05) is 13.2 Å². The third-order valence-electron chi connectivity index (χ3n) is 3.01. The molecule has 0 aliphatic carbocycles. The third kappa shape index (κ3) is 3.71. The van der Waals surface area contributed by atoms with Gasteiger partial charge in [-0.1, -0.05) is 29.3 Å². The lowest BCUT2D eigenvalue weighted by molar-refractivity contribution is 0.124. The predicted molar refractivity (Wildman–Crippen MR) is 82.7 cm³/mol. The van der Waals surface area contributed by atoms with Gasteiger partial charge in [0, 0.05) is 17.6 Å². The van der Waals surface area contributed by atoms with Gasteiger partial charge in [-0.05, 0) is 24.6 Å². The summed E-state index contributed by atoms with van der Waals surface area (Å²) in [6.07, 6.45) is 2.27. The summed E-state index contributed by atoms with van der Waals surface area (Å²) in [6.45, 7) is 4.48. The van der Waals surface area contributed by atoms with Crippen LogP contribution in [-0.4, -0.2) is 22.8 Å². The van der Waals surface area contributed by atoms with Crippen LogP contribution in [0.4, 0.5) is 0 Å². The van der Waals surface area contributed by atoms with Crippen LogP contribution in [0.5, 0.6) is 0 Å². The third-order valence-corrected chi connectivity index (χ3v) is 3.74. The first-order valence-electron chi connectivity index (χ1n) is 6.54. The van der Waals surface area contributed by atoms with Gasteiger partial charge in [-0.25, -0.2) is 4.98 Å². The van der Waals surface area contributed by atoms with Crippen LogP contribution in [0, 0.1) is 0 Å². The van der Waals surface area contributed by atoms with Crippen molar-refractivity contribution in [1.82, 2.24) is 9.55 Å². The van der Waals surface area contributed by atoms with Crippen molar-refractivity contribution in [1.29, 1.82) is 0 Å². The molecule has 1 aromatic carbocycles. The number of halogens is 2. The van der Waals surface area contributed by atoms with E-state index < -0.39 is 0 Å². The van der Waals surface area contributed by atoms with Gasteiger partial charge < -0.3 is 9.30 Å². The fraction of sp³-hybridized carbons (Fsp3) is 0.500. The first kappa shape index (κ1) is 14.8. The van der Waals surface area contributed by atoms with Crippen molar-refractivity contribution >= 4 is 38.6 Å². The minimum Gasteiger partial charge on any atom is -0.380 e. The summed E-state index contributed by atoms with van der Waals surface area (Å²) in [4.78, 5) is 4.55. The van der Waals surface area contributed by atoms with Gasteiger partial charge >= 0.3 is 0 Å². The van der Waals surface area contributed by atoms with Gasteiger partial charge in [0.05, 0.1) is 23.5 Å². The molecular formula is C14H18BrClN2O. The van der Waals surface area contributed by atoms with Gasteiger partial charge in [-0.15, -0.1) is 11.6 Å². The number of aromatic nitrogens is 2. The lowest BCUT2D eigenvalue weighted by atomic mass is 10.3. The average Bonchev–Trinajstić information content (AvgIpc) is 2.75. The van der Waals surface area contributed by atoms with E-state index in [4.69, 9.17) is 16.3 Å². The molecule has 0 bridgehead atoms. The number of fused-ring (bicyclic) bond motifs is 1. The molecule has 5 heteroatoms. The molecule has 0 aliphatic rings. The second-order valence-corrected chi connectivity index (χ2v) is 5.60. The highest BCUT2D eigenvalue weighted by Gasteiger charge is 2.09. The summed E-state index contributed by atoms with van der Waals surface area (Å²) < 4.78 is 8.79. The Morgan fingerprint density at radius 3 is 2.95 bits per heavy atom. The molecule has 0 radical (unpaired) electrons. The topological polar surface area (TPSA) is 27.1 Å². The van der Waals surface area contributed by atoms with Crippen molar-refractivity contribution in [2.45, 2.75) is 32.2 Å². The zero-order chi connectivity index (χ0) is 13.7. The van der Waals surface area contributed by atoms with E-state index in [1.54, 1.807) is 0 Å². The molecule has 0 saturated heterocycles. The van der Waals surface area contributed by atoms with E-state index in [-0.39, 0.29) is 0 Å². The Morgan fingerprint density at radius 1 is 1.37 bits per heavy atom. The summed E-state index contributed by atoms with van der Waals surface area (Å²) in [7, 11) is 0. The van der Waals surface area contributed by atoms with Gasteiger partial charge in [0.25, 0.3) is 0 Å². The number of alkyl halides is 1. The number of rotatable bonds is 7. The van der Waals surface area contributed by atoms with E-state index >= 15 is 0 Å². The molecule has 3 nitrogen and oxygen atoms in total. The molecular weight excluding hydrogens is 328 g/mol. The summed E-state index contributed by atoms with van der Waals surface area (Å²) in [6, 6.07) is 6.10. The van der Waals surface area contributed by atoms with E-state index in [0.717, 1.165) is 47.3 Å². The van der Waals surface area contributed by atoms with Crippen molar-refractivity contribution in [3.63, 3.8) is 0 Å². The first-order valence-corrected chi connectivity index (χ1v) is 7.87. The Hall–Kier alpha value is -0.580. The second-order valence-electron chi connectivity index (χ2n) is 4.41. The quantitative estimate of drug-likeness (QED) is 0.551. The molecule has 19 heavy (non-hydrogen) atoms. The molecule has 2 rings (SSSR count). The van der Waals surface area contributed by atoms with Crippen LogP contribution in [0.25, 0.3) is 11.0 Å². The Kier molecular flexibility index (Phi) is 5.67. The molecule has 0 spiro atoms. The SMILES string of the molecule is CCCCOCCn1c(CCl)nc2cc(Br)ccc21. The number of imidazole rings is 1. The van der Waals surface area contributed by atoms with Gasteiger partial charge in [0.15, 0.2) is 0 Å². The monoisotopic (exact) mass is 344 g/mol. The van der Waals surface area contributed by atoms with Crippen LogP contribution in [0.15, 0.2) is 22.7 Å². The van der Waals surface area contributed by atoms with E-state index in [0.29, 0.717) is 12.5 Å². The fourth-order valence-corrected chi connectivity index (χ4v) is 2.56. The molecule has 0 aliphatic heterocycles. The molecule has 104 valence electrons. The highest BCUT2D eigenvalue weighted by molar-refractivity contribution is 9.10. The van der Waals surface area contributed by atoms with Crippen LogP contribution in [0.1, 0.15) is 25.6 Å². The maximum Gasteiger partial charge on any atom is 0.124 e. The Balaban J connectivity index is 2.11. The predicted octanol–water partition coefficient (Wildman–Crippen LogP) is 4.35. The van der Waals surface area contributed by atoms with Gasteiger partial charge in [-0.3, -0.25) is 0 Å². The standard InChI is InChI=1S/C14H18BrClN2O/c1-2-3-7-19-8-6-18-13-5-4-11(15)9-12(13)17-14(18)10-16/h4-5,9H,2-3,6-8,10H2,1H3. The summed E-state index contributed by atoms with van der Waals surface area (Å²) in [5.74, 6) is 1.32. The molecule has 1 heterocycles. The molecule has 0 unspecified atom stereocenters. The average molecular weight is 346 g/mol. The molecule has 0 saturated carbocycles. The minimum absolute atomic E-state index is 0.418. The molecule has 2 aromatic rings. The van der Waals surface area contributed by atoms with Crippen molar-refractivity contribution in [2.24, 2.45) is 0 Å². The lowest BCUT2D eigenvalue weighted by Gasteiger charge is -2.08. The summed E-state index contributed by atoms with van der Waals surface area (Å²) >= 11 is 9.43. The number of unbranched alkanes of at least 4 members (excludes halogenated alkanes) is 1. The number of hydrogen-bond donors (Lipinski definition) is 0. The van der Waals surface area contributed by atoms with E-state index in [2.05, 4.69) is 38.5 Å². The van der Waals surface area contributed by atoms with E-state index in [1.807, 2.05) is 12.1 Å². The van der Waals surface area contributed by atoms with Gasteiger partial charge in [0.1, 0.15) is 5.82 Å². The minimum atomic E-state index is 0.418. The van der Waals surface area contributed by atoms with Crippen LogP contribution >= 0.6 is 27.5 Å². The van der Waals surface area contributed by atoms with Crippen LogP contribution < -0.4 is 0 Å². The highest BCUT2D eigenvalue weighted by atomic mass is 79.9.